The summed E-state index contributed by atoms with van der Waals surface area (Å²) in [6, 6.07) is 0. The van der Waals surface area contributed by atoms with Crippen LogP contribution in [0.2, 0.25) is 0 Å². The van der Waals surface area contributed by atoms with E-state index in [-0.39, 0.29) is 17.9 Å². The monoisotopic (exact) mass is 271 g/mol. The Morgan fingerprint density at radius 1 is 1.28 bits per heavy atom. The maximum Gasteiger partial charge on any atom is 0.220 e. The fraction of sp³-hybridized carbons (Fsp3) is 0.929. The number of carbonyl (C=O) groups is 1. The second-order valence-electron chi connectivity index (χ2n) is 5.90. The van der Waals surface area contributed by atoms with Gasteiger partial charge in [-0.1, -0.05) is 12.8 Å². The number of rotatable bonds is 5. The van der Waals surface area contributed by atoms with E-state index in [9.17, 15) is 9.90 Å². The van der Waals surface area contributed by atoms with E-state index in [2.05, 4.69) is 5.32 Å². The Morgan fingerprint density at radius 3 is 2.56 bits per heavy atom. The van der Waals surface area contributed by atoms with Gasteiger partial charge in [0.25, 0.3) is 0 Å². The molecular weight excluding hydrogens is 246 g/mol. The predicted molar refractivity (Wildman–Crippen MR) is 75.7 cm³/mol. The van der Waals surface area contributed by atoms with Crippen molar-refractivity contribution in [1.82, 2.24) is 5.32 Å². The zero-order valence-corrected chi connectivity index (χ0v) is 11.9. The quantitative estimate of drug-likeness (QED) is 0.806. The first-order chi connectivity index (χ1) is 8.74. The number of carbonyl (C=O) groups excluding carboxylic acids is 1. The van der Waals surface area contributed by atoms with Crippen LogP contribution in [0.25, 0.3) is 0 Å². The molecule has 3 nitrogen and oxygen atoms in total. The summed E-state index contributed by atoms with van der Waals surface area (Å²) < 4.78 is 0. The summed E-state index contributed by atoms with van der Waals surface area (Å²) in [5.74, 6) is 3.18. The van der Waals surface area contributed by atoms with Gasteiger partial charge in [0.2, 0.25) is 5.91 Å². The predicted octanol–water partition coefficient (Wildman–Crippen LogP) is 2.19. The average molecular weight is 271 g/mol. The number of aliphatic hydroxyl groups excluding tert-OH is 1. The van der Waals surface area contributed by atoms with Gasteiger partial charge in [-0.3, -0.25) is 4.79 Å². The van der Waals surface area contributed by atoms with Gasteiger partial charge in [0, 0.05) is 18.4 Å². The number of thioether (sulfide) groups is 1. The first kappa shape index (κ1) is 14.2. The standard InChI is InChI=1S/C14H25NO2S/c16-11-14(5-1-2-6-14)10-15-13(17)9-12-3-7-18-8-4-12/h12,16H,1-11H2,(H,15,17). The zero-order chi connectivity index (χ0) is 12.8. The van der Waals surface area contributed by atoms with E-state index in [1.165, 1.54) is 37.2 Å². The molecule has 2 fully saturated rings. The highest BCUT2D eigenvalue weighted by Crippen LogP contribution is 2.37. The molecule has 1 amide bonds. The Labute approximate surface area is 114 Å². The maximum absolute atomic E-state index is 11.9. The molecule has 0 aromatic heterocycles. The molecule has 0 aromatic rings. The highest BCUT2D eigenvalue weighted by molar-refractivity contribution is 7.99. The Balaban J connectivity index is 1.70. The lowest BCUT2D eigenvalue weighted by Gasteiger charge is -2.27. The molecule has 0 radical (unpaired) electrons. The molecule has 104 valence electrons. The van der Waals surface area contributed by atoms with Crippen LogP contribution in [0.4, 0.5) is 0 Å². The smallest absolute Gasteiger partial charge is 0.220 e. The fourth-order valence-corrected chi connectivity index (χ4v) is 4.29. The topological polar surface area (TPSA) is 49.3 Å². The minimum absolute atomic E-state index is 0.0158. The lowest BCUT2D eigenvalue weighted by molar-refractivity contribution is -0.122. The molecule has 1 aliphatic carbocycles. The third-order valence-electron chi connectivity index (χ3n) is 4.48. The molecule has 0 atom stereocenters. The number of hydrogen-bond donors (Lipinski definition) is 2. The summed E-state index contributed by atoms with van der Waals surface area (Å²) in [5, 5.41) is 12.6. The first-order valence-corrected chi connectivity index (χ1v) is 8.35. The van der Waals surface area contributed by atoms with Crippen molar-refractivity contribution < 1.29 is 9.90 Å². The van der Waals surface area contributed by atoms with Crippen LogP contribution in [0.1, 0.15) is 44.9 Å². The van der Waals surface area contributed by atoms with E-state index in [1.54, 1.807) is 0 Å². The maximum atomic E-state index is 11.9. The van der Waals surface area contributed by atoms with Crippen molar-refractivity contribution in [1.29, 1.82) is 0 Å². The van der Waals surface area contributed by atoms with Crippen LogP contribution in [0, 0.1) is 11.3 Å². The second kappa shape index (κ2) is 6.80. The zero-order valence-electron chi connectivity index (χ0n) is 11.1. The van der Waals surface area contributed by atoms with Crippen LogP contribution in [-0.4, -0.2) is 35.7 Å². The van der Waals surface area contributed by atoms with Crippen LogP contribution in [0.15, 0.2) is 0 Å². The van der Waals surface area contributed by atoms with Crippen LogP contribution >= 0.6 is 11.8 Å². The van der Waals surface area contributed by atoms with Crippen molar-refractivity contribution in [2.45, 2.75) is 44.9 Å². The van der Waals surface area contributed by atoms with Gasteiger partial charge in [-0.15, -0.1) is 0 Å². The van der Waals surface area contributed by atoms with Crippen molar-refractivity contribution in [3.05, 3.63) is 0 Å². The highest BCUT2D eigenvalue weighted by atomic mass is 32.2. The Morgan fingerprint density at radius 2 is 1.94 bits per heavy atom. The summed E-state index contributed by atoms with van der Waals surface area (Å²) >= 11 is 2.00. The van der Waals surface area contributed by atoms with Crippen LogP contribution in [0.3, 0.4) is 0 Å². The van der Waals surface area contributed by atoms with Crippen molar-refractivity contribution in [2.24, 2.45) is 11.3 Å². The normalized spacial score (nSPS) is 24.1. The molecule has 18 heavy (non-hydrogen) atoms. The van der Waals surface area contributed by atoms with Crippen molar-refractivity contribution in [2.75, 3.05) is 24.7 Å². The summed E-state index contributed by atoms with van der Waals surface area (Å²) in [7, 11) is 0. The van der Waals surface area contributed by atoms with Gasteiger partial charge in [0.05, 0.1) is 6.61 Å². The molecule has 1 aliphatic heterocycles. The van der Waals surface area contributed by atoms with Crippen LogP contribution in [-0.2, 0) is 4.79 Å². The van der Waals surface area contributed by atoms with E-state index in [4.69, 9.17) is 0 Å². The average Bonchev–Trinajstić information content (AvgIpc) is 2.87. The summed E-state index contributed by atoms with van der Waals surface area (Å²) in [6.45, 7) is 0.886. The fourth-order valence-electron chi connectivity index (χ4n) is 3.09. The lowest BCUT2D eigenvalue weighted by Crippen LogP contribution is -2.39. The summed E-state index contributed by atoms with van der Waals surface area (Å²) in [5.41, 5.74) is -0.0158. The molecule has 2 rings (SSSR count). The third-order valence-corrected chi connectivity index (χ3v) is 5.52. The number of aliphatic hydroxyl groups is 1. The van der Waals surface area contributed by atoms with E-state index >= 15 is 0 Å². The molecule has 0 aromatic carbocycles. The summed E-state index contributed by atoms with van der Waals surface area (Å²) in [4.78, 5) is 11.9. The molecule has 0 spiro atoms. The Bertz CT molecular complexity index is 271. The Kier molecular flexibility index (Phi) is 5.37. The van der Waals surface area contributed by atoms with Crippen LogP contribution in [0.5, 0.6) is 0 Å². The molecule has 1 heterocycles. The third kappa shape index (κ3) is 3.89. The van der Waals surface area contributed by atoms with Gasteiger partial charge < -0.3 is 10.4 Å². The van der Waals surface area contributed by atoms with E-state index < -0.39 is 0 Å². The molecule has 0 unspecified atom stereocenters. The van der Waals surface area contributed by atoms with Gasteiger partial charge in [-0.05, 0) is 43.1 Å². The number of amides is 1. The number of hydrogen-bond acceptors (Lipinski definition) is 3. The van der Waals surface area contributed by atoms with Gasteiger partial charge in [0.1, 0.15) is 0 Å². The minimum atomic E-state index is -0.0158. The molecule has 2 N–H and O–H groups in total. The van der Waals surface area contributed by atoms with Crippen molar-refractivity contribution >= 4 is 17.7 Å². The molecule has 2 aliphatic rings. The Hall–Kier alpha value is -0.220. The number of nitrogens with one attached hydrogen (secondary N) is 1. The first-order valence-electron chi connectivity index (χ1n) is 7.19. The van der Waals surface area contributed by atoms with Gasteiger partial charge in [-0.25, -0.2) is 0 Å². The van der Waals surface area contributed by atoms with E-state index in [0.717, 1.165) is 12.8 Å². The summed E-state index contributed by atoms with van der Waals surface area (Å²) in [6.07, 6.45) is 7.55. The SMILES string of the molecule is O=C(CC1CCSCC1)NCC1(CO)CCCC1. The van der Waals surface area contributed by atoms with Crippen LogP contribution < -0.4 is 5.32 Å². The largest absolute Gasteiger partial charge is 0.396 e. The molecule has 1 saturated carbocycles. The van der Waals surface area contributed by atoms with E-state index in [1.807, 2.05) is 11.8 Å². The van der Waals surface area contributed by atoms with Gasteiger partial charge in [-0.2, -0.15) is 11.8 Å². The second-order valence-corrected chi connectivity index (χ2v) is 7.13. The van der Waals surface area contributed by atoms with Crippen molar-refractivity contribution in [3.63, 3.8) is 0 Å². The minimum Gasteiger partial charge on any atom is -0.396 e. The molecule has 0 bridgehead atoms. The van der Waals surface area contributed by atoms with Gasteiger partial charge in [0.15, 0.2) is 0 Å². The van der Waals surface area contributed by atoms with Crippen molar-refractivity contribution in [3.8, 4) is 0 Å². The van der Waals surface area contributed by atoms with E-state index in [0.29, 0.717) is 18.9 Å². The highest BCUT2D eigenvalue weighted by Gasteiger charge is 2.33. The molecule has 4 heteroatoms. The van der Waals surface area contributed by atoms with Gasteiger partial charge >= 0.3 is 0 Å². The lowest BCUT2D eigenvalue weighted by atomic mass is 9.87. The molecule has 1 saturated heterocycles. The molecular formula is C14H25NO2S.